The summed E-state index contributed by atoms with van der Waals surface area (Å²) in [5.41, 5.74) is 5.31. The van der Waals surface area contributed by atoms with Crippen molar-refractivity contribution in [3.8, 4) is 0 Å². The van der Waals surface area contributed by atoms with Crippen LogP contribution in [-0.4, -0.2) is 14.5 Å². The van der Waals surface area contributed by atoms with Gasteiger partial charge in [-0.2, -0.15) is 0 Å². The first kappa shape index (κ1) is 15.1. The summed E-state index contributed by atoms with van der Waals surface area (Å²) in [5, 5.41) is 0. The third-order valence-corrected chi connectivity index (χ3v) is 3.37. The Morgan fingerprint density at radius 1 is 1.38 bits per heavy atom. The lowest BCUT2D eigenvalue weighted by atomic mass is 10.1. The molecule has 0 aliphatic rings. The van der Waals surface area contributed by atoms with Crippen molar-refractivity contribution < 1.29 is 4.39 Å². The normalized spacial score (nSPS) is 10.6. The molecule has 1 aromatic carbocycles. The molecular formula is C14H14FN3O2S. The van der Waals surface area contributed by atoms with Crippen LogP contribution in [0, 0.1) is 5.82 Å². The minimum atomic E-state index is -0.586. The second kappa shape index (κ2) is 6.01. The molecule has 0 saturated heterocycles. The average Bonchev–Trinajstić information content (AvgIpc) is 2.43. The molecule has 0 fully saturated rings. The highest BCUT2D eigenvalue weighted by molar-refractivity contribution is 7.80. The number of thiocarbonyl (C=S) groups is 1. The molecule has 2 rings (SSSR count). The van der Waals surface area contributed by atoms with Crippen LogP contribution in [0.2, 0.25) is 0 Å². The molecule has 7 heteroatoms. The highest BCUT2D eigenvalue weighted by atomic mass is 32.1. The van der Waals surface area contributed by atoms with Crippen LogP contribution in [0.25, 0.3) is 0 Å². The number of aromatic nitrogens is 2. The van der Waals surface area contributed by atoms with Gasteiger partial charge in [0.1, 0.15) is 10.8 Å². The van der Waals surface area contributed by atoms with Crippen LogP contribution < -0.4 is 17.0 Å². The molecule has 0 atom stereocenters. The maximum atomic E-state index is 14.2. The van der Waals surface area contributed by atoms with E-state index in [9.17, 15) is 14.0 Å². The molecule has 0 unspecified atom stereocenters. The second-order valence-electron chi connectivity index (χ2n) is 4.54. The Bertz CT molecular complexity index is 811. The zero-order valence-corrected chi connectivity index (χ0v) is 12.2. The molecule has 0 saturated carbocycles. The summed E-state index contributed by atoms with van der Waals surface area (Å²) in [6.07, 6.45) is 1.92. The highest BCUT2D eigenvalue weighted by Crippen LogP contribution is 2.13. The fourth-order valence-electron chi connectivity index (χ4n) is 2.00. The van der Waals surface area contributed by atoms with Gasteiger partial charge < -0.3 is 5.73 Å². The van der Waals surface area contributed by atoms with Crippen LogP contribution in [0.5, 0.6) is 0 Å². The fourth-order valence-corrected chi connectivity index (χ4v) is 2.16. The first-order valence-corrected chi connectivity index (χ1v) is 6.74. The van der Waals surface area contributed by atoms with Gasteiger partial charge in [0.15, 0.2) is 0 Å². The van der Waals surface area contributed by atoms with E-state index < -0.39 is 17.1 Å². The molecule has 3 N–H and O–H groups in total. The van der Waals surface area contributed by atoms with E-state index in [0.29, 0.717) is 12.0 Å². The third-order valence-electron chi connectivity index (χ3n) is 3.15. The number of nitrogens with one attached hydrogen (secondary N) is 1. The number of hydrogen-bond acceptors (Lipinski definition) is 3. The maximum Gasteiger partial charge on any atom is 0.328 e. The predicted molar refractivity (Wildman–Crippen MR) is 82.1 cm³/mol. The number of hydrogen-bond donors (Lipinski definition) is 2. The monoisotopic (exact) mass is 307 g/mol. The minimum absolute atomic E-state index is 0.00903. The van der Waals surface area contributed by atoms with E-state index in [1.54, 1.807) is 19.1 Å². The van der Waals surface area contributed by atoms with Crippen LogP contribution in [0.15, 0.2) is 34.0 Å². The van der Waals surface area contributed by atoms with Crippen LogP contribution in [0.3, 0.4) is 0 Å². The molecule has 0 spiro atoms. The summed E-state index contributed by atoms with van der Waals surface area (Å²) in [7, 11) is 0. The van der Waals surface area contributed by atoms with Crippen molar-refractivity contribution in [2.24, 2.45) is 5.73 Å². The molecule has 0 aliphatic carbocycles. The van der Waals surface area contributed by atoms with E-state index in [1.807, 2.05) is 0 Å². The predicted octanol–water partition coefficient (Wildman–Crippen LogP) is 0.921. The van der Waals surface area contributed by atoms with E-state index >= 15 is 0 Å². The van der Waals surface area contributed by atoms with E-state index in [-0.39, 0.29) is 22.7 Å². The van der Waals surface area contributed by atoms with Crippen LogP contribution in [0.1, 0.15) is 23.6 Å². The highest BCUT2D eigenvalue weighted by Gasteiger charge is 2.11. The number of benzene rings is 1. The fraction of sp³-hybridized carbons (Fsp3) is 0.214. The lowest BCUT2D eigenvalue weighted by Gasteiger charge is -2.10. The number of aromatic amines is 1. The second-order valence-corrected chi connectivity index (χ2v) is 4.98. The number of nitrogens with zero attached hydrogens (tertiary/aromatic N) is 1. The van der Waals surface area contributed by atoms with Crippen LogP contribution >= 0.6 is 12.2 Å². The molecule has 1 heterocycles. The van der Waals surface area contributed by atoms with Crippen molar-refractivity contribution in [2.75, 3.05) is 0 Å². The van der Waals surface area contributed by atoms with Crippen molar-refractivity contribution in [3.63, 3.8) is 0 Å². The summed E-state index contributed by atoms with van der Waals surface area (Å²) >= 11 is 4.78. The number of aryl methyl sites for hydroxylation is 1. The number of halogens is 1. The Balaban J connectivity index is 2.48. The molecule has 21 heavy (non-hydrogen) atoms. The van der Waals surface area contributed by atoms with Gasteiger partial charge in [-0.15, -0.1) is 0 Å². The summed E-state index contributed by atoms with van der Waals surface area (Å²) in [5.74, 6) is -0.554. The van der Waals surface area contributed by atoms with Gasteiger partial charge in [0.2, 0.25) is 0 Å². The average molecular weight is 307 g/mol. The maximum absolute atomic E-state index is 14.2. The Hall–Kier alpha value is -2.28. The number of nitrogens with two attached hydrogens (primary N) is 1. The number of rotatable bonds is 4. The van der Waals surface area contributed by atoms with Gasteiger partial charge in [0, 0.05) is 22.9 Å². The Morgan fingerprint density at radius 2 is 2.10 bits per heavy atom. The summed E-state index contributed by atoms with van der Waals surface area (Å²) in [6, 6.07) is 4.64. The van der Waals surface area contributed by atoms with Gasteiger partial charge >= 0.3 is 5.69 Å². The first-order chi connectivity index (χ1) is 9.93. The third kappa shape index (κ3) is 3.08. The van der Waals surface area contributed by atoms with Crippen molar-refractivity contribution in [2.45, 2.75) is 19.9 Å². The summed E-state index contributed by atoms with van der Waals surface area (Å²) in [6.45, 7) is 1.79. The first-order valence-electron chi connectivity index (χ1n) is 6.33. The topological polar surface area (TPSA) is 80.9 Å². The molecule has 0 bridgehead atoms. The van der Waals surface area contributed by atoms with E-state index in [0.717, 1.165) is 0 Å². The zero-order valence-electron chi connectivity index (χ0n) is 11.4. The minimum Gasteiger partial charge on any atom is -0.389 e. The largest absolute Gasteiger partial charge is 0.389 e. The van der Waals surface area contributed by atoms with E-state index in [2.05, 4.69) is 4.98 Å². The van der Waals surface area contributed by atoms with E-state index in [1.165, 1.54) is 16.8 Å². The molecule has 0 radical (unpaired) electrons. The zero-order chi connectivity index (χ0) is 15.6. The van der Waals surface area contributed by atoms with E-state index in [4.69, 9.17) is 18.0 Å². The van der Waals surface area contributed by atoms with Gasteiger partial charge in [-0.05, 0) is 12.5 Å². The van der Waals surface area contributed by atoms with Crippen molar-refractivity contribution in [1.29, 1.82) is 0 Å². The van der Waals surface area contributed by atoms with Crippen LogP contribution in [0.4, 0.5) is 4.39 Å². The van der Waals surface area contributed by atoms with Crippen LogP contribution in [-0.2, 0) is 13.0 Å². The molecule has 0 aliphatic heterocycles. The molecule has 5 nitrogen and oxygen atoms in total. The Labute approximate surface area is 125 Å². The molecule has 0 amide bonds. The standard InChI is InChI=1S/C14H14FN3O2S/c1-2-8-6-18(14(20)17-13(8)19)7-9-4-3-5-10(11(9)15)12(16)21/h3-6H,2,7H2,1H3,(H2,16,21)(H,17,19,20). The van der Waals surface area contributed by atoms with Gasteiger partial charge in [-0.3, -0.25) is 14.3 Å². The Kier molecular flexibility index (Phi) is 4.32. The number of H-pyrrole nitrogens is 1. The Morgan fingerprint density at radius 3 is 2.71 bits per heavy atom. The molecule has 110 valence electrons. The molecule has 1 aromatic heterocycles. The van der Waals surface area contributed by atoms with Gasteiger partial charge in [0.25, 0.3) is 5.56 Å². The van der Waals surface area contributed by atoms with Gasteiger partial charge in [0.05, 0.1) is 6.54 Å². The van der Waals surface area contributed by atoms with Gasteiger partial charge in [-0.25, -0.2) is 9.18 Å². The lowest BCUT2D eigenvalue weighted by Crippen LogP contribution is -2.32. The summed E-state index contributed by atoms with van der Waals surface area (Å²) in [4.78, 5) is 25.5. The summed E-state index contributed by atoms with van der Waals surface area (Å²) < 4.78 is 15.5. The smallest absolute Gasteiger partial charge is 0.328 e. The lowest BCUT2D eigenvalue weighted by molar-refractivity contribution is 0.589. The van der Waals surface area contributed by atoms with Crippen molar-refractivity contribution in [3.05, 3.63) is 67.7 Å². The van der Waals surface area contributed by atoms with Crippen molar-refractivity contribution in [1.82, 2.24) is 9.55 Å². The SMILES string of the molecule is CCc1cn(Cc2cccc(C(N)=S)c2F)c(=O)[nH]c1=O. The molecular weight excluding hydrogens is 293 g/mol. The quantitative estimate of drug-likeness (QED) is 0.823. The van der Waals surface area contributed by atoms with Gasteiger partial charge in [-0.1, -0.05) is 31.3 Å². The van der Waals surface area contributed by atoms with Crippen molar-refractivity contribution >= 4 is 17.2 Å². The molecule has 2 aromatic rings.